The maximum Gasteiger partial charge on any atom is 0.206 e. The zero-order chi connectivity index (χ0) is 42.9. The third-order valence-electron chi connectivity index (χ3n) is 11.7. The van der Waals surface area contributed by atoms with Gasteiger partial charge in [-0.15, -0.1) is 0 Å². The van der Waals surface area contributed by atoms with Gasteiger partial charge in [0.05, 0.1) is 23.0 Å². The standard InChI is InChI=1S/C56H42O6S/c57-29-31-61-55-51(47-25-9-17-37-13-1-5-21-43(37)47)33-41(34-52(55)48-26-10-18-38-14-2-6-22-44(38)48)63(59,60)42-35-53(49-27-11-19-39-15-3-7-23-45(39)49)56(62-32-30-58)54(36-42)50-28-12-20-40-16-4-8-24-46(40)50/h1-28,33-36,57-58H,29-32H2. The molecule has 308 valence electrons. The summed E-state index contributed by atoms with van der Waals surface area (Å²) in [7, 11) is -4.36. The lowest BCUT2D eigenvalue weighted by molar-refractivity contribution is 0.202. The maximum absolute atomic E-state index is 15.9. The highest BCUT2D eigenvalue weighted by atomic mass is 32.2. The van der Waals surface area contributed by atoms with Crippen molar-refractivity contribution in [2.45, 2.75) is 9.79 Å². The summed E-state index contributed by atoms with van der Waals surface area (Å²) in [6.45, 7) is -0.468. The molecule has 0 atom stereocenters. The summed E-state index contributed by atoms with van der Waals surface area (Å²) in [5.41, 5.74) is 5.48. The number of ether oxygens (including phenoxy) is 2. The minimum absolute atomic E-state index is 0.000283. The molecule has 10 rings (SSSR count). The number of hydrogen-bond acceptors (Lipinski definition) is 6. The summed E-state index contributed by atoms with van der Waals surface area (Å²) < 4.78 is 44.8. The first kappa shape index (κ1) is 39.8. The van der Waals surface area contributed by atoms with E-state index in [0.29, 0.717) is 33.8 Å². The van der Waals surface area contributed by atoms with Gasteiger partial charge in [-0.25, -0.2) is 8.42 Å². The molecule has 6 nitrogen and oxygen atoms in total. The Kier molecular flexibility index (Phi) is 10.7. The summed E-state index contributed by atoms with van der Waals surface area (Å²) in [5, 5.41) is 27.9. The molecule has 0 aliphatic heterocycles. The quantitative estimate of drug-likeness (QED) is 0.127. The number of aliphatic hydroxyl groups excluding tert-OH is 2. The number of sulfone groups is 1. The topological polar surface area (TPSA) is 93.1 Å². The molecule has 0 heterocycles. The molecule has 10 aromatic rings. The first-order valence-electron chi connectivity index (χ1n) is 21.0. The van der Waals surface area contributed by atoms with Gasteiger partial charge in [0, 0.05) is 22.3 Å². The molecule has 0 bridgehead atoms. The molecule has 63 heavy (non-hydrogen) atoms. The van der Waals surface area contributed by atoms with Gasteiger partial charge >= 0.3 is 0 Å². The van der Waals surface area contributed by atoms with Crippen molar-refractivity contribution >= 4 is 52.9 Å². The molecule has 0 unspecified atom stereocenters. The summed E-state index contributed by atoms with van der Waals surface area (Å²) in [6.07, 6.45) is 0. The highest BCUT2D eigenvalue weighted by Crippen LogP contribution is 2.49. The van der Waals surface area contributed by atoms with Crippen LogP contribution in [0, 0.1) is 0 Å². The van der Waals surface area contributed by atoms with Crippen molar-refractivity contribution < 1.29 is 28.1 Å². The van der Waals surface area contributed by atoms with Gasteiger partial charge in [-0.1, -0.05) is 170 Å². The van der Waals surface area contributed by atoms with Crippen molar-refractivity contribution in [2.24, 2.45) is 0 Å². The lowest BCUT2D eigenvalue weighted by Gasteiger charge is -2.22. The lowest BCUT2D eigenvalue weighted by atomic mass is 9.91. The van der Waals surface area contributed by atoms with E-state index in [2.05, 4.69) is 0 Å². The summed E-state index contributed by atoms with van der Waals surface area (Å²) in [6, 6.07) is 62.8. The smallest absolute Gasteiger partial charge is 0.206 e. The minimum atomic E-state index is -4.36. The monoisotopic (exact) mass is 842 g/mol. The third-order valence-corrected chi connectivity index (χ3v) is 13.5. The number of aliphatic hydroxyl groups is 2. The van der Waals surface area contributed by atoms with Gasteiger partial charge in [0.2, 0.25) is 9.84 Å². The molecular formula is C56H42O6S. The van der Waals surface area contributed by atoms with Crippen LogP contribution in [0.15, 0.2) is 204 Å². The predicted molar refractivity (Wildman–Crippen MR) is 255 cm³/mol. The fourth-order valence-electron chi connectivity index (χ4n) is 8.90. The Morgan fingerprint density at radius 1 is 0.333 bits per heavy atom. The molecule has 2 N–H and O–H groups in total. The molecule has 0 aromatic heterocycles. The van der Waals surface area contributed by atoms with E-state index in [1.165, 1.54) is 0 Å². The Bertz CT molecular complexity index is 3020. The zero-order valence-corrected chi connectivity index (χ0v) is 35.1. The van der Waals surface area contributed by atoms with E-state index in [4.69, 9.17) is 9.47 Å². The second kappa shape index (κ2) is 16.9. The van der Waals surface area contributed by atoms with E-state index in [-0.39, 0.29) is 36.2 Å². The summed E-state index contributed by atoms with van der Waals surface area (Å²) in [4.78, 5) is 0.142. The van der Waals surface area contributed by atoms with Crippen LogP contribution in [-0.2, 0) is 9.84 Å². The molecule has 10 aromatic carbocycles. The number of hydrogen-bond donors (Lipinski definition) is 2. The highest BCUT2D eigenvalue weighted by molar-refractivity contribution is 7.91. The summed E-state index contributed by atoms with van der Waals surface area (Å²) in [5.74, 6) is 0.938. The van der Waals surface area contributed by atoms with Crippen molar-refractivity contribution in [1.82, 2.24) is 0 Å². The van der Waals surface area contributed by atoms with Gasteiger partial charge in [0.15, 0.2) is 0 Å². The SMILES string of the molecule is O=S(=O)(c1cc(-c2cccc3ccccc23)c(OCCO)c(-c2cccc3ccccc23)c1)c1cc(-c2cccc3ccccc23)c(OCCO)c(-c2cccc3ccccc23)c1. The van der Waals surface area contributed by atoms with Crippen LogP contribution in [0.3, 0.4) is 0 Å². The number of rotatable bonds is 12. The van der Waals surface area contributed by atoms with Gasteiger partial charge in [0.25, 0.3) is 0 Å². The Labute approximate surface area is 365 Å². The predicted octanol–water partition coefficient (Wildman–Crippen LogP) is 12.5. The Morgan fingerprint density at radius 2 is 0.587 bits per heavy atom. The van der Waals surface area contributed by atoms with E-state index in [9.17, 15) is 10.2 Å². The largest absolute Gasteiger partial charge is 0.490 e. The highest BCUT2D eigenvalue weighted by Gasteiger charge is 2.29. The van der Waals surface area contributed by atoms with E-state index in [1.54, 1.807) is 24.3 Å². The Balaban J connectivity index is 1.31. The zero-order valence-electron chi connectivity index (χ0n) is 34.2. The van der Waals surface area contributed by atoms with Gasteiger partial charge in [-0.3, -0.25) is 0 Å². The van der Waals surface area contributed by atoms with Crippen LogP contribution in [0.4, 0.5) is 0 Å². The molecule has 0 saturated heterocycles. The van der Waals surface area contributed by atoms with Crippen molar-refractivity contribution in [2.75, 3.05) is 26.4 Å². The van der Waals surface area contributed by atoms with E-state index in [1.807, 2.05) is 170 Å². The second-order valence-corrected chi connectivity index (χ2v) is 17.4. The van der Waals surface area contributed by atoms with E-state index < -0.39 is 9.84 Å². The van der Waals surface area contributed by atoms with Crippen molar-refractivity contribution in [3.05, 3.63) is 194 Å². The Morgan fingerprint density at radius 3 is 0.857 bits per heavy atom. The molecule has 0 aliphatic rings. The maximum atomic E-state index is 15.9. The van der Waals surface area contributed by atoms with Crippen molar-refractivity contribution in [3.8, 4) is 56.0 Å². The molecule has 0 fully saturated rings. The molecule has 0 aliphatic carbocycles. The number of fused-ring (bicyclic) bond motifs is 4. The fraction of sp³-hybridized carbons (Fsp3) is 0.0714. The van der Waals surface area contributed by atoms with Crippen molar-refractivity contribution in [1.29, 1.82) is 0 Å². The average Bonchev–Trinajstić information content (AvgIpc) is 3.34. The third kappa shape index (κ3) is 7.26. The lowest BCUT2D eigenvalue weighted by Crippen LogP contribution is -2.09. The molecule has 7 heteroatoms. The van der Waals surface area contributed by atoms with Crippen LogP contribution in [0.2, 0.25) is 0 Å². The van der Waals surface area contributed by atoms with Crippen LogP contribution in [0.1, 0.15) is 0 Å². The van der Waals surface area contributed by atoms with Crippen LogP contribution >= 0.6 is 0 Å². The van der Waals surface area contributed by atoms with Gasteiger partial charge < -0.3 is 19.7 Å². The Hall–Kier alpha value is -7.29. The molecular weight excluding hydrogens is 801 g/mol. The van der Waals surface area contributed by atoms with E-state index in [0.717, 1.165) is 65.3 Å². The van der Waals surface area contributed by atoms with Crippen LogP contribution in [-0.4, -0.2) is 45.1 Å². The van der Waals surface area contributed by atoms with Gasteiger partial charge in [-0.2, -0.15) is 0 Å². The van der Waals surface area contributed by atoms with Crippen LogP contribution < -0.4 is 9.47 Å². The van der Waals surface area contributed by atoms with E-state index >= 15 is 8.42 Å². The van der Waals surface area contributed by atoms with Crippen LogP contribution in [0.25, 0.3) is 87.6 Å². The van der Waals surface area contributed by atoms with Crippen LogP contribution in [0.5, 0.6) is 11.5 Å². The normalized spacial score (nSPS) is 11.7. The molecule has 0 saturated carbocycles. The van der Waals surface area contributed by atoms with Crippen molar-refractivity contribution in [3.63, 3.8) is 0 Å². The minimum Gasteiger partial charge on any atom is -0.490 e. The molecule has 0 radical (unpaired) electrons. The summed E-state index contributed by atoms with van der Waals surface area (Å²) >= 11 is 0. The second-order valence-electron chi connectivity index (χ2n) is 15.4. The van der Waals surface area contributed by atoms with Gasteiger partial charge in [0.1, 0.15) is 24.7 Å². The molecule has 0 amide bonds. The number of benzene rings is 10. The van der Waals surface area contributed by atoms with Gasteiger partial charge in [-0.05, 0) is 89.6 Å². The first-order valence-corrected chi connectivity index (χ1v) is 22.4. The average molecular weight is 843 g/mol. The fourth-order valence-corrected chi connectivity index (χ4v) is 10.3. The molecule has 0 spiro atoms. The first-order chi connectivity index (χ1) is 30.9.